The van der Waals surface area contributed by atoms with Crippen LogP contribution >= 0.6 is 0 Å². The van der Waals surface area contributed by atoms with Gasteiger partial charge in [-0.25, -0.2) is 0 Å². The number of hydrogen-bond donors (Lipinski definition) is 1. The molecule has 0 aromatic rings. The average Bonchev–Trinajstić information content (AvgIpc) is 2.31. The fraction of sp³-hybridized carbons (Fsp3) is 0.625. The fourth-order valence-corrected chi connectivity index (χ4v) is 1.33. The summed E-state index contributed by atoms with van der Waals surface area (Å²) in [7, 11) is 1.51. The van der Waals surface area contributed by atoms with Gasteiger partial charge in [0.15, 0.2) is 0 Å². The number of allylic oxidation sites excluding steroid dienone is 1. The van der Waals surface area contributed by atoms with Gasteiger partial charge in [-0.3, -0.25) is 0 Å². The van der Waals surface area contributed by atoms with Crippen molar-refractivity contribution < 1.29 is 9.84 Å². The molecule has 0 aliphatic heterocycles. The van der Waals surface area contributed by atoms with Crippen molar-refractivity contribution in [2.45, 2.75) is 24.9 Å². The number of rotatable bonds is 2. The Morgan fingerprint density at radius 3 is 3.18 bits per heavy atom. The van der Waals surface area contributed by atoms with Gasteiger partial charge in [-0.1, -0.05) is 0 Å². The number of ether oxygens (including phenoxy) is 1. The smallest absolute Gasteiger partial charge is 0.134 e. The molecule has 0 bridgehead atoms. The van der Waals surface area contributed by atoms with E-state index < -0.39 is 5.60 Å². The SMILES string of the molecule is COC1=CCCC1(O)CC#N. The summed E-state index contributed by atoms with van der Waals surface area (Å²) in [6.45, 7) is 0. The van der Waals surface area contributed by atoms with Crippen LogP contribution in [-0.2, 0) is 4.74 Å². The Morgan fingerprint density at radius 2 is 2.64 bits per heavy atom. The second-order valence-corrected chi connectivity index (χ2v) is 2.68. The summed E-state index contributed by atoms with van der Waals surface area (Å²) in [6.07, 6.45) is 3.34. The molecule has 3 nitrogen and oxygen atoms in total. The molecule has 0 aromatic carbocycles. The summed E-state index contributed by atoms with van der Waals surface area (Å²) in [5.74, 6) is 0.541. The minimum atomic E-state index is -1.01. The van der Waals surface area contributed by atoms with E-state index in [9.17, 15) is 5.11 Å². The van der Waals surface area contributed by atoms with E-state index in [2.05, 4.69) is 0 Å². The molecule has 0 saturated carbocycles. The zero-order valence-electron chi connectivity index (χ0n) is 6.50. The Hall–Kier alpha value is -1.01. The van der Waals surface area contributed by atoms with Crippen molar-refractivity contribution in [3.05, 3.63) is 11.8 Å². The third-order valence-corrected chi connectivity index (χ3v) is 1.94. The molecule has 1 unspecified atom stereocenters. The standard InChI is InChI=1S/C8H11NO2/c1-11-7-3-2-4-8(7,10)5-6-9/h3,10H,2,4-5H2,1H3. The molecule has 0 aromatic heterocycles. The van der Waals surface area contributed by atoms with E-state index in [0.717, 1.165) is 6.42 Å². The number of nitrogens with zero attached hydrogens (tertiary/aromatic N) is 1. The van der Waals surface area contributed by atoms with Crippen LogP contribution in [0.25, 0.3) is 0 Å². The number of nitriles is 1. The third kappa shape index (κ3) is 1.36. The van der Waals surface area contributed by atoms with Crippen molar-refractivity contribution in [1.82, 2.24) is 0 Å². The van der Waals surface area contributed by atoms with Crippen molar-refractivity contribution in [1.29, 1.82) is 5.26 Å². The normalized spacial score (nSPS) is 29.4. The molecule has 0 spiro atoms. The first-order valence-corrected chi connectivity index (χ1v) is 3.57. The van der Waals surface area contributed by atoms with Gasteiger partial charge in [-0.2, -0.15) is 5.26 Å². The molecule has 1 atom stereocenters. The summed E-state index contributed by atoms with van der Waals surface area (Å²) < 4.78 is 4.94. The largest absolute Gasteiger partial charge is 0.498 e. The van der Waals surface area contributed by atoms with E-state index in [4.69, 9.17) is 10.00 Å². The number of aliphatic hydroxyl groups is 1. The van der Waals surface area contributed by atoms with E-state index >= 15 is 0 Å². The zero-order chi connectivity index (χ0) is 8.32. The Labute approximate surface area is 65.9 Å². The molecule has 0 radical (unpaired) electrons. The molecule has 3 heteroatoms. The monoisotopic (exact) mass is 153 g/mol. The Morgan fingerprint density at radius 1 is 1.91 bits per heavy atom. The molecular weight excluding hydrogens is 142 g/mol. The highest BCUT2D eigenvalue weighted by molar-refractivity contribution is 5.18. The van der Waals surface area contributed by atoms with Crippen LogP contribution in [0.1, 0.15) is 19.3 Å². The van der Waals surface area contributed by atoms with Crippen molar-refractivity contribution in [2.75, 3.05) is 7.11 Å². The van der Waals surface area contributed by atoms with Gasteiger partial charge in [0.2, 0.25) is 0 Å². The lowest BCUT2D eigenvalue weighted by molar-refractivity contribution is 0.0314. The van der Waals surface area contributed by atoms with Crippen LogP contribution in [0.2, 0.25) is 0 Å². The highest BCUT2D eigenvalue weighted by atomic mass is 16.5. The van der Waals surface area contributed by atoms with Gasteiger partial charge in [0.1, 0.15) is 11.4 Å². The Bertz CT molecular complexity index is 217. The minimum absolute atomic E-state index is 0.118. The van der Waals surface area contributed by atoms with E-state index in [-0.39, 0.29) is 6.42 Å². The van der Waals surface area contributed by atoms with Crippen LogP contribution in [0.15, 0.2) is 11.8 Å². The second-order valence-electron chi connectivity index (χ2n) is 2.68. The Kier molecular flexibility index (Phi) is 2.16. The highest BCUT2D eigenvalue weighted by Crippen LogP contribution is 2.33. The van der Waals surface area contributed by atoms with Crippen molar-refractivity contribution in [2.24, 2.45) is 0 Å². The van der Waals surface area contributed by atoms with Gasteiger partial charge in [0.25, 0.3) is 0 Å². The molecule has 0 fully saturated rings. The molecule has 0 amide bonds. The molecule has 1 rings (SSSR count). The minimum Gasteiger partial charge on any atom is -0.498 e. The van der Waals surface area contributed by atoms with E-state index in [0.29, 0.717) is 12.2 Å². The van der Waals surface area contributed by atoms with Crippen LogP contribution in [0.4, 0.5) is 0 Å². The van der Waals surface area contributed by atoms with Crippen molar-refractivity contribution in [3.8, 4) is 6.07 Å². The lowest BCUT2D eigenvalue weighted by Gasteiger charge is -2.21. The molecule has 1 aliphatic rings. The maximum atomic E-state index is 9.74. The lowest BCUT2D eigenvalue weighted by Crippen LogP contribution is -2.28. The molecular formula is C8H11NO2. The van der Waals surface area contributed by atoms with Crippen LogP contribution in [0, 0.1) is 11.3 Å². The quantitative estimate of drug-likeness (QED) is 0.642. The maximum Gasteiger partial charge on any atom is 0.134 e. The molecule has 11 heavy (non-hydrogen) atoms. The maximum absolute atomic E-state index is 9.74. The fourth-order valence-electron chi connectivity index (χ4n) is 1.33. The molecule has 1 N–H and O–H groups in total. The van der Waals surface area contributed by atoms with Crippen molar-refractivity contribution in [3.63, 3.8) is 0 Å². The molecule has 0 saturated heterocycles. The average molecular weight is 153 g/mol. The number of hydrogen-bond acceptors (Lipinski definition) is 3. The first kappa shape index (κ1) is 8.09. The highest BCUT2D eigenvalue weighted by Gasteiger charge is 2.35. The second kappa shape index (κ2) is 2.93. The predicted octanol–water partition coefficient (Wildman–Crippen LogP) is 0.955. The van der Waals surface area contributed by atoms with Gasteiger partial charge in [0, 0.05) is 0 Å². The summed E-state index contributed by atoms with van der Waals surface area (Å²) >= 11 is 0. The molecule has 1 aliphatic carbocycles. The Balaban J connectivity index is 2.72. The van der Waals surface area contributed by atoms with Gasteiger partial charge in [-0.15, -0.1) is 0 Å². The third-order valence-electron chi connectivity index (χ3n) is 1.94. The van der Waals surface area contributed by atoms with E-state index in [1.807, 2.05) is 12.1 Å². The van der Waals surface area contributed by atoms with E-state index in [1.165, 1.54) is 7.11 Å². The first-order valence-electron chi connectivity index (χ1n) is 3.57. The molecule has 60 valence electrons. The van der Waals surface area contributed by atoms with Crippen LogP contribution in [0.3, 0.4) is 0 Å². The van der Waals surface area contributed by atoms with Gasteiger partial charge >= 0.3 is 0 Å². The van der Waals surface area contributed by atoms with Crippen LogP contribution in [-0.4, -0.2) is 17.8 Å². The summed E-state index contributed by atoms with van der Waals surface area (Å²) in [6, 6.07) is 1.94. The van der Waals surface area contributed by atoms with Gasteiger partial charge in [0.05, 0.1) is 19.6 Å². The zero-order valence-corrected chi connectivity index (χ0v) is 6.50. The molecule has 0 heterocycles. The van der Waals surface area contributed by atoms with E-state index in [1.54, 1.807) is 0 Å². The number of methoxy groups -OCH3 is 1. The lowest BCUT2D eigenvalue weighted by atomic mass is 9.99. The predicted molar refractivity (Wildman–Crippen MR) is 39.5 cm³/mol. The van der Waals surface area contributed by atoms with Gasteiger partial charge in [-0.05, 0) is 18.9 Å². The summed E-state index contributed by atoms with van der Waals surface area (Å²) in [4.78, 5) is 0. The first-order chi connectivity index (χ1) is 5.23. The summed E-state index contributed by atoms with van der Waals surface area (Å²) in [5.41, 5.74) is -1.01. The topological polar surface area (TPSA) is 53.2 Å². The van der Waals surface area contributed by atoms with Crippen LogP contribution < -0.4 is 0 Å². The van der Waals surface area contributed by atoms with Crippen LogP contribution in [0.5, 0.6) is 0 Å². The summed E-state index contributed by atoms with van der Waals surface area (Å²) in [5, 5.41) is 18.1. The van der Waals surface area contributed by atoms with Crippen molar-refractivity contribution >= 4 is 0 Å². The van der Waals surface area contributed by atoms with Gasteiger partial charge < -0.3 is 9.84 Å².